The van der Waals surface area contributed by atoms with E-state index in [2.05, 4.69) is 22.0 Å². The number of carbonyl (C=O) groups is 1. The summed E-state index contributed by atoms with van der Waals surface area (Å²) in [6.07, 6.45) is 0. The third-order valence-electron chi connectivity index (χ3n) is 5.20. The van der Waals surface area contributed by atoms with Crippen LogP contribution in [0.3, 0.4) is 0 Å². The molecule has 3 aromatic rings. The van der Waals surface area contributed by atoms with Crippen molar-refractivity contribution in [3.63, 3.8) is 0 Å². The maximum atomic E-state index is 12.0. The summed E-state index contributed by atoms with van der Waals surface area (Å²) in [6.45, 7) is 8.20. The van der Waals surface area contributed by atoms with Gasteiger partial charge in [0.1, 0.15) is 5.75 Å². The molecule has 0 unspecified atom stereocenters. The van der Waals surface area contributed by atoms with Crippen molar-refractivity contribution in [2.45, 2.75) is 40.4 Å². The van der Waals surface area contributed by atoms with E-state index < -0.39 is 5.97 Å². The Labute approximate surface area is 172 Å². The van der Waals surface area contributed by atoms with Crippen LogP contribution in [0.5, 0.6) is 5.75 Å². The van der Waals surface area contributed by atoms with Gasteiger partial charge in [-0.05, 0) is 32.4 Å². The van der Waals surface area contributed by atoms with Crippen LogP contribution in [0, 0.1) is 13.8 Å². The predicted octanol–water partition coefficient (Wildman–Crippen LogP) is 4.54. The van der Waals surface area contributed by atoms with Crippen LogP contribution in [0.2, 0.25) is 0 Å². The Morgan fingerprint density at radius 1 is 1.00 bits per heavy atom. The van der Waals surface area contributed by atoms with Gasteiger partial charge in [0, 0.05) is 42.1 Å². The minimum atomic E-state index is -0.885. The van der Waals surface area contributed by atoms with Gasteiger partial charge in [-0.1, -0.05) is 48.5 Å². The molecule has 152 valence electrons. The van der Waals surface area contributed by atoms with Gasteiger partial charge in [-0.3, -0.25) is 0 Å². The summed E-state index contributed by atoms with van der Waals surface area (Å²) in [6, 6.07) is 18.0. The van der Waals surface area contributed by atoms with Crippen molar-refractivity contribution in [1.82, 2.24) is 9.88 Å². The standard InChI is InChI=1S/C24H28N2O3/c1-4-29-22-13-9-8-12-20(22)14-25-15-21-17(2)26(18(3)23(21)24(27)28)16-19-10-6-5-7-11-19/h5-13,25H,4,14-16H2,1-3H3,(H,27,28). The average Bonchev–Trinajstić information content (AvgIpc) is 2.95. The maximum Gasteiger partial charge on any atom is 0.337 e. The molecule has 1 aromatic heterocycles. The summed E-state index contributed by atoms with van der Waals surface area (Å²) >= 11 is 0. The fourth-order valence-corrected chi connectivity index (χ4v) is 3.72. The van der Waals surface area contributed by atoms with Crippen LogP contribution < -0.4 is 10.1 Å². The maximum absolute atomic E-state index is 12.0. The Bertz CT molecular complexity index is 977. The summed E-state index contributed by atoms with van der Waals surface area (Å²) in [4.78, 5) is 12.0. The van der Waals surface area contributed by atoms with Crippen molar-refractivity contribution < 1.29 is 14.6 Å². The summed E-state index contributed by atoms with van der Waals surface area (Å²) in [5.74, 6) is -0.0283. The minimum Gasteiger partial charge on any atom is -0.494 e. The second kappa shape index (κ2) is 9.43. The first-order valence-corrected chi connectivity index (χ1v) is 9.90. The zero-order valence-electron chi connectivity index (χ0n) is 17.2. The largest absolute Gasteiger partial charge is 0.494 e. The molecule has 3 rings (SSSR count). The van der Waals surface area contributed by atoms with Gasteiger partial charge in [0.2, 0.25) is 0 Å². The van der Waals surface area contributed by atoms with E-state index in [4.69, 9.17) is 4.74 Å². The van der Waals surface area contributed by atoms with E-state index in [1.165, 1.54) is 0 Å². The van der Waals surface area contributed by atoms with E-state index in [-0.39, 0.29) is 0 Å². The number of carboxylic acids is 1. The van der Waals surface area contributed by atoms with Crippen molar-refractivity contribution in [2.75, 3.05) is 6.61 Å². The van der Waals surface area contributed by atoms with Gasteiger partial charge < -0.3 is 19.7 Å². The zero-order valence-corrected chi connectivity index (χ0v) is 17.2. The Balaban J connectivity index is 1.82. The van der Waals surface area contributed by atoms with Crippen LogP contribution in [0.4, 0.5) is 0 Å². The van der Waals surface area contributed by atoms with Crippen LogP contribution >= 0.6 is 0 Å². The van der Waals surface area contributed by atoms with E-state index in [0.29, 0.717) is 31.8 Å². The van der Waals surface area contributed by atoms with E-state index in [0.717, 1.165) is 33.8 Å². The quantitative estimate of drug-likeness (QED) is 0.561. The number of hydrogen-bond donors (Lipinski definition) is 2. The molecule has 0 atom stereocenters. The van der Waals surface area contributed by atoms with Crippen LogP contribution in [-0.4, -0.2) is 22.2 Å². The van der Waals surface area contributed by atoms with Gasteiger partial charge in [-0.25, -0.2) is 4.79 Å². The van der Waals surface area contributed by atoms with Gasteiger partial charge in [-0.2, -0.15) is 0 Å². The van der Waals surface area contributed by atoms with Gasteiger partial charge in [0.15, 0.2) is 0 Å². The molecular weight excluding hydrogens is 364 g/mol. The van der Waals surface area contributed by atoms with Crippen molar-refractivity contribution in [3.05, 3.63) is 88.2 Å². The molecule has 2 aromatic carbocycles. The highest BCUT2D eigenvalue weighted by molar-refractivity contribution is 5.91. The lowest BCUT2D eigenvalue weighted by Crippen LogP contribution is -2.16. The topological polar surface area (TPSA) is 63.5 Å². The van der Waals surface area contributed by atoms with Crippen molar-refractivity contribution in [1.29, 1.82) is 0 Å². The Morgan fingerprint density at radius 2 is 1.69 bits per heavy atom. The fourth-order valence-electron chi connectivity index (χ4n) is 3.72. The molecule has 0 aliphatic heterocycles. The molecule has 0 amide bonds. The predicted molar refractivity (Wildman–Crippen MR) is 115 cm³/mol. The lowest BCUT2D eigenvalue weighted by atomic mass is 10.1. The molecule has 0 saturated carbocycles. The van der Waals surface area contributed by atoms with Crippen LogP contribution in [0.1, 0.15) is 45.4 Å². The Kier molecular flexibility index (Phi) is 6.73. The van der Waals surface area contributed by atoms with Crippen molar-refractivity contribution in [2.24, 2.45) is 0 Å². The van der Waals surface area contributed by atoms with Crippen molar-refractivity contribution in [3.8, 4) is 5.75 Å². The number of aromatic nitrogens is 1. The number of rotatable bonds is 9. The van der Waals surface area contributed by atoms with Gasteiger partial charge in [0.05, 0.1) is 12.2 Å². The zero-order chi connectivity index (χ0) is 20.8. The highest BCUT2D eigenvalue weighted by atomic mass is 16.5. The molecule has 29 heavy (non-hydrogen) atoms. The number of aromatic carboxylic acids is 1. The second-order valence-corrected chi connectivity index (χ2v) is 7.05. The lowest BCUT2D eigenvalue weighted by molar-refractivity contribution is 0.0694. The first kappa shape index (κ1) is 20.7. The van der Waals surface area contributed by atoms with E-state index in [1.807, 2.05) is 63.2 Å². The molecule has 5 nitrogen and oxygen atoms in total. The van der Waals surface area contributed by atoms with Gasteiger partial charge in [-0.15, -0.1) is 0 Å². The van der Waals surface area contributed by atoms with Crippen LogP contribution in [-0.2, 0) is 19.6 Å². The molecule has 2 N–H and O–H groups in total. The van der Waals surface area contributed by atoms with Gasteiger partial charge >= 0.3 is 5.97 Å². The summed E-state index contributed by atoms with van der Waals surface area (Å²) in [7, 11) is 0. The minimum absolute atomic E-state index is 0.393. The van der Waals surface area contributed by atoms with Crippen LogP contribution in [0.25, 0.3) is 0 Å². The molecule has 1 heterocycles. The SMILES string of the molecule is CCOc1ccccc1CNCc1c(C(=O)O)c(C)n(Cc2ccccc2)c1C. The Hall–Kier alpha value is -3.05. The van der Waals surface area contributed by atoms with Crippen molar-refractivity contribution >= 4 is 5.97 Å². The number of hydrogen-bond acceptors (Lipinski definition) is 3. The Morgan fingerprint density at radius 3 is 2.38 bits per heavy atom. The molecule has 0 aliphatic carbocycles. The molecule has 0 aliphatic rings. The first-order chi connectivity index (χ1) is 14.0. The molecule has 0 fully saturated rings. The molecule has 0 saturated heterocycles. The first-order valence-electron chi connectivity index (χ1n) is 9.90. The van der Waals surface area contributed by atoms with E-state index in [9.17, 15) is 9.90 Å². The molecule has 5 heteroatoms. The number of para-hydroxylation sites is 1. The van der Waals surface area contributed by atoms with Crippen LogP contribution in [0.15, 0.2) is 54.6 Å². The number of carboxylic acid groups (broad SMARTS) is 1. The molecule has 0 bridgehead atoms. The normalized spacial score (nSPS) is 10.9. The molecule has 0 spiro atoms. The number of benzene rings is 2. The third kappa shape index (κ3) is 4.69. The molecular formula is C24H28N2O3. The number of nitrogens with zero attached hydrogens (tertiary/aromatic N) is 1. The monoisotopic (exact) mass is 392 g/mol. The lowest BCUT2D eigenvalue weighted by Gasteiger charge is -2.12. The van der Waals surface area contributed by atoms with Gasteiger partial charge in [0.25, 0.3) is 0 Å². The third-order valence-corrected chi connectivity index (χ3v) is 5.20. The fraction of sp³-hybridized carbons (Fsp3) is 0.292. The highest BCUT2D eigenvalue weighted by Gasteiger charge is 2.22. The smallest absolute Gasteiger partial charge is 0.337 e. The second-order valence-electron chi connectivity index (χ2n) is 7.05. The number of nitrogens with one attached hydrogen (secondary N) is 1. The molecule has 0 radical (unpaired) electrons. The highest BCUT2D eigenvalue weighted by Crippen LogP contribution is 2.24. The summed E-state index contributed by atoms with van der Waals surface area (Å²) < 4.78 is 7.76. The van der Waals surface area contributed by atoms with E-state index >= 15 is 0 Å². The van der Waals surface area contributed by atoms with E-state index in [1.54, 1.807) is 0 Å². The summed E-state index contributed by atoms with van der Waals surface area (Å²) in [5, 5.41) is 13.2. The summed E-state index contributed by atoms with van der Waals surface area (Å²) in [5.41, 5.74) is 5.20. The number of ether oxygens (including phenoxy) is 1. The average molecular weight is 392 g/mol.